The van der Waals surface area contributed by atoms with E-state index in [0.717, 1.165) is 16.5 Å². The van der Waals surface area contributed by atoms with Crippen LogP contribution in [-0.2, 0) is 17.7 Å². The van der Waals surface area contributed by atoms with Gasteiger partial charge in [-0.2, -0.15) is 0 Å². The van der Waals surface area contributed by atoms with Crippen LogP contribution in [0.1, 0.15) is 22.8 Å². The number of hydrogen-bond donors (Lipinski definition) is 0. The highest BCUT2D eigenvalue weighted by atomic mass is 79.9. The summed E-state index contributed by atoms with van der Waals surface area (Å²) in [4.78, 5) is 12.2. The Morgan fingerprint density at radius 1 is 1.40 bits per heavy atom. The lowest BCUT2D eigenvalue weighted by molar-refractivity contribution is 0.0299. The molecule has 0 radical (unpaired) electrons. The van der Waals surface area contributed by atoms with Gasteiger partial charge in [0.1, 0.15) is 6.10 Å². The molecule has 1 aromatic heterocycles. The van der Waals surface area contributed by atoms with Gasteiger partial charge in [0.25, 0.3) is 5.56 Å². The average molecular weight is 334 g/mol. The van der Waals surface area contributed by atoms with Gasteiger partial charge in [0.05, 0.1) is 13.2 Å². The third-order valence-corrected chi connectivity index (χ3v) is 4.12. The van der Waals surface area contributed by atoms with E-state index in [2.05, 4.69) is 34.1 Å². The molecule has 0 spiro atoms. The Balaban J connectivity index is 1.95. The Morgan fingerprint density at radius 3 is 3.05 bits per heavy atom. The van der Waals surface area contributed by atoms with Gasteiger partial charge in [-0.3, -0.25) is 4.79 Å². The monoisotopic (exact) mass is 333 g/mol. The van der Waals surface area contributed by atoms with Gasteiger partial charge in [-0.25, -0.2) is 0 Å². The third kappa shape index (κ3) is 2.58. The molecule has 0 N–H and O–H groups in total. The highest BCUT2D eigenvalue weighted by Crippen LogP contribution is 2.28. The maximum atomic E-state index is 12.2. The minimum Gasteiger partial charge on any atom is -0.371 e. The topological polar surface area (TPSA) is 31.2 Å². The van der Waals surface area contributed by atoms with Crippen LogP contribution < -0.4 is 5.56 Å². The Labute approximate surface area is 126 Å². The molecule has 2 heterocycles. The van der Waals surface area contributed by atoms with Crippen molar-refractivity contribution in [2.75, 3.05) is 6.61 Å². The Kier molecular flexibility index (Phi) is 3.76. The van der Waals surface area contributed by atoms with Crippen molar-refractivity contribution >= 4 is 15.9 Å². The summed E-state index contributed by atoms with van der Waals surface area (Å²) in [6.07, 6.45) is 2.72. The normalized spacial score (nSPS) is 17.8. The van der Waals surface area contributed by atoms with Gasteiger partial charge in [0.15, 0.2) is 0 Å². The van der Waals surface area contributed by atoms with Crippen LogP contribution in [-0.4, -0.2) is 11.2 Å². The number of benzene rings is 1. The molecule has 1 aliphatic heterocycles. The van der Waals surface area contributed by atoms with Crippen molar-refractivity contribution in [1.82, 2.24) is 4.57 Å². The first-order valence-corrected chi connectivity index (χ1v) is 7.50. The summed E-state index contributed by atoms with van der Waals surface area (Å²) in [5.41, 5.74) is 3.30. The minimum absolute atomic E-state index is 0.0415. The summed E-state index contributed by atoms with van der Waals surface area (Å²) < 4.78 is 8.51. The zero-order chi connectivity index (χ0) is 14.1. The van der Waals surface area contributed by atoms with Gasteiger partial charge >= 0.3 is 0 Å². The molecule has 20 heavy (non-hydrogen) atoms. The molecule has 0 fully saturated rings. The number of ether oxygens (including phenoxy) is 1. The number of nitrogens with zero attached hydrogens (tertiary/aromatic N) is 1. The Morgan fingerprint density at radius 2 is 2.20 bits per heavy atom. The largest absolute Gasteiger partial charge is 0.371 e. The molecule has 0 saturated heterocycles. The van der Waals surface area contributed by atoms with Crippen LogP contribution in [0.3, 0.4) is 0 Å². The molecule has 1 aromatic carbocycles. The van der Waals surface area contributed by atoms with Crippen LogP contribution in [0.4, 0.5) is 0 Å². The SMILES string of the molecule is Cc1cc(Br)cn(CC2OCCc3ccccc32)c1=O. The summed E-state index contributed by atoms with van der Waals surface area (Å²) in [5.74, 6) is 0. The van der Waals surface area contributed by atoms with Gasteiger partial charge in [-0.1, -0.05) is 24.3 Å². The number of fused-ring (bicyclic) bond motifs is 1. The van der Waals surface area contributed by atoms with E-state index >= 15 is 0 Å². The number of aryl methyl sites for hydroxylation is 1. The average Bonchev–Trinajstić information content (AvgIpc) is 2.44. The fraction of sp³-hybridized carbons (Fsp3) is 0.312. The first kappa shape index (κ1) is 13.6. The summed E-state index contributed by atoms with van der Waals surface area (Å²) in [6.45, 7) is 3.10. The molecule has 1 atom stereocenters. The molecular formula is C16H16BrNO2. The van der Waals surface area contributed by atoms with E-state index in [0.29, 0.717) is 13.2 Å². The summed E-state index contributed by atoms with van der Waals surface area (Å²) >= 11 is 3.44. The fourth-order valence-electron chi connectivity index (χ4n) is 2.68. The fourth-order valence-corrected chi connectivity index (χ4v) is 3.27. The summed E-state index contributed by atoms with van der Waals surface area (Å²) in [5, 5.41) is 0. The molecule has 0 saturated carbocycles. The molecular weight excluding hydrogens is 318 g/mol. The lowest BCUT2D eigenvalue weighted by Crippen LogP contribution is -2.28. The number of aromatic nitrogens is 1. The molecule has 0 amide bonds. The summed E-state index contributed by atoms with van der Waals surface area (Å²) in [7, 11) is 0. The smallest absolute Gasteiger partial charge is 0.253 e. The molecule has 0 bridgehead atoms. The quantitative estimate of drug-likeness (QED) is 0.844. The van der Waals surface area contributed by atoms with Crippen molar-refractivity contribution in [3.63, 3.8) is 0 Å². The number of pyridine rings is 1. The van der Waals surface area contributed by atoms with E-state index in [1.165, 1.54) is 11.1 Å². The van der Waals surface area contributed by atoms with Crippen LogP contribution in [0.15, 0.2) is 45.8 Å². The second-order valence-corrected chi connectivity index (χ2v) is 6.02. The van der Waals surface area contributed by atoms with Crippen LogP contribution in [0.25, 0.3) is 0 Å². The Hall–Kier alpha value is -1.39. The third-order valence-electron chi connectivity index (χ3n) is 3.69. The molecule has 104 valence electrons. The van der Waals surface area contributed by atoms with Crippen LogP contribution in [0.2, 0.25) is 0 Å². The van der Waals surface area contributed by atoms with E-state index in [4.69, 9.17) is 4.74 Å². The minimum atomic E-state index is -0.0497. The van der Waals surface area contributed by atoms with Gasteiger partial charge in [-0.15, -0.1) is 0 Å². The second kappa shape index (κ2) is 5.54. The number of rotatable bonds is 2. The first-order valence-electron chi connectivity index (χ1n) is 6.71. The van der Waals surface area contributed by atoms with Gasteiger partial charge in [0, 0.05) is 16.2 Å². The maximum absolute atomic E-state index is 12.2. The number of halogens is 1. The van der Waals surface area contributed by atoms with Crippen molar-refractivity contribution in [2.45, 2.75) is 26.0 Å². The highest BCUT2D eigenvalue weighted by molar-refractivity contribution is 9.10. The second-order valence-electron chi connectivity index (χ2n) is 5.11. The molecule has 2 aromatic rings. The number of hydrogen-bond acceptors (Lipinski definition) is 2. The standard InChI is InChI=1S/C16H16BrNO2/c1-11-8-13(17)9-18(16(11)19)10-15-14-5-3-2-4-12(14)6-7-20-15/h2-5,8-9,15H,6-7,10H2,1H3. The lowest BCUT2D eigenvalue weighted by Gasteiger charge is -2.26. The maximum Gasteiger partial charge on any atom is 0.253 e. The molecule has 3 rings (SSSR count). The van der Waals surface area contributed by atoms with Crippen molar-refractivity contribution in [3.05, 3.63) is 68.0 Å². The lowest BCUT2D eigenvalue weighted by atomic mass is 9.97. The molecule has 1 unspecified atom stereocenters. The molecule has 3 nitrogen and oxygen atoms in total. The van der Waals surface area contributed by atoms with Gasteiger partial charge < -0.3 is 9.30 Å². The van der Waals surface area contributed by atoms with Crippen LogP contribution in [0.5, 0.6) is 0 Å². The van der Waals surface area contributed by atoms with Crippen LogP contribution >= 0.6 is 15.9 Å². The van der Waals surface area contributed by atoms with Gasteiger partial charge in [0.2, 0.25) is 0 Å². The predicted octanol–water partition coefficient (Wildman–Crippen LogP) is 3.23. The van der Waals surface area contributed by atoms with Crippen molar-refractivity contribution in [3.8, 4) is 0 Å². The van der Waals surface area contributed by atoms with Crippen LogP contribution in [0, 0.1) is 6.92 Å². The van der Waals surface area contributed by atoms with E-state index in [-0.39, 0.29) is 11.7 Å². The summed E-state index contributed by atoms with van der Waals surface area (Å²) in [6, 6.07) is 10.1. The van der Waals surface area contributed by atoms with E-state index in [1.54, 1.807) is 4.57 Å². The highest BCUT2D eigenvalue weighted by Gasteiger charge is 2.21. The van der Waals surface area contributed by atoms with Crippen molar-refractivity contribution < 1.29 is 4.74 Å². The zero-order valence-corrected chi connectivity index (χ0v) is 12.9. The molecule has 0 aliphatic carbocycles. The molecule has 1 aliphatic rings. The van der Waals surface area contributed by atoms with Crippen molar-refractivity contribution in [2.24, 2.45) is 0 Å². The predicted molar refractivity (Wildman–Crippen MR) is 82.0 cm³/mol. The van der Waals surface area contributed by atoms with E-state index < -0.39 is 0 Å². The Bertz CT molecular complexity index is 693. The zero-order valence-electron chi connectivity index (χ0n) is 11.3. The van der Waals surface area contributed by atoms with E-state index in [9.17, 15) is 4.79 Å². The first-order chi connectivity index (χ1) is 9.65. The van der Waals surface area contributed by atoms with Gasteiger partial charge in [-0.05, 0) is 46.5 Å². The van der Waals surface area contributed by atoms with E-state index in [1.807, 2.05) is 25.3 Å². The molecule has 4 heteroatoms. The van der Waals surface area contributed by atoms with Crippen molar-refractivity contribution in [1.29, 1.82) is 0 Å².